The highest BCUT2D eigenvalue weighted by Crippen LogP contribution is 2.46. The quantitative estimate of drug-likeness (QED) is 0.347. The van der Waals surface area contributed by atoms with E-state index in [9.17, 15) is 0 Å². The summed E-state index contributed by atoms with van der Waals surface area (Å²) in [7, 11) is 0. The number of aromatic nitrogens is 1. The maximum atomic E-state index is 6.18. The largest absolute Gasteiger partial charge is 0.453 e. The summed E-state index contributed by atoms with van der Waals surface area (Å²) in [5.41, 5.74) is 3.27. The fourth-order valence-electron chi connectivity index (χ4n) is 4.08. The van der Waals surface area contributed by atoms with Crippen LogP contribution in [0.1, 0.15) is 27.7 Å². The second-order valence-electron chi connectivity index (χ2n) is 8.72. The lowest BCUT2D eigenvalue weighted by molar-refractivity contribution is -0.0272. The molecule has 1 fully saturated rings. The lowest BCUT2D eigenvalue weighted by atomic mass is 9.90. The predicted octanol–water partition coefficient (Wildman–Crippen LogP) is 6.13. The minimum absolute atomic E-state index is 0.432. The SMILES string of the molecule is CC1(C)ON(c2ccc3c(c2)c2cccc4c2n3-c2ccccc2O4)OC1(C)C. The molecule has 0 amide bonds. The van der Waals surface area contributed by atoms with Gasteiger partial charge in [-0.15, -0.1) is 5.23 Å². The summed E-state index contributed by atoms with van der Waals surface area (Å²) >= 11 is 0. The van der Waals surface area contributed by atoms with E-state index < -0.39 is 11.2 Å². The van der Waals surface area contributed by atoms with Gasteiger partial charge in [-0.1, -0.05) is 24.3 Å². The van der Waals surface area contributed by atoms with Crippen molar-refractivity contribution < 1.29 is 14.4 Å². The fourth-order valence-corrected chi connectivity index (χ4v) is 4.08. The van der Waals surface area contributed by atoms with Crippen LogP contribution in [0.3, 0.4) is 0 Å². The van der Waals surface area contributed by atoms with Gasteiger partial charge >= 0.3 is 0 Å². The zero-order valence-corrected chi connectivity index (χ0v) is 16.9. The average Bonchev–Trinajstić information content (AvgIpc) is 3.14. The van der Waals surface area contributed by atoms with E-state index in [-0.39, 0.29) is 0 Å². The average molecular weight is 386 g/mol. The lowest BCUT2D eigenvalue weighted by Crippen LogP contribution is -2.41. The van der Waals surface area contributed by atoms with E-state index in [1.54, 1.807) is 5.23 Å². The highest BCUT2D eigenvalue weighted by molar-refractivity contribution is 6.12. The minimum Gasteiger partial charge on any atom is -0.453 e. The molecule has 1 aromatic heterocycles. The molecule has 0 saturated carbocycles. The highest BCUT2D eigenvalue weighted by Gasteiger charge is 2.50. The summed E-state index contributed by atoms with van der Waals surface area (Å²) in [6.07, 6.45) is 0. The molecule has 5 nitrogen and oxygen atoms in total. The Hall–Kier alpha value is -3.02. The molecule has 0 unspecified atom stereocenters. The molecule has 3 aromatic carbocycles. The number of para-hydroxylation sites is 3. The molecule has 5 heteroatoms. The van der Waals surface area contributed by atoms with Gasteiger partial charge in [0.05, 0.1) is 22.4 Å². The molecule has 0 N–H and O–H groups in total. The number of anilines is 1. The Bertz CT molecular complexity index is 1290. The van der Waals surface area contributed by atoms with Gasteiger partial charge in [-0.3, -0.25) is 0 Å². The van der Waals surface area contributed by atoms with Crippen LogP contribution >= 0.6 is 0 Å². The van der Waals surface area contributed by atoms with Gasteiger partial charge < -0.3 is 9.30 Å². The first-order valence-corrected chi connectivity index (χ1v) is 9.89. The van der Waals surface area contributed by atoms with Gasteiger partial charge in [-0.25, -0.2) is 9.68 Å². The van der Waals surface area contributed by atoms with Crippen molar-refractivity contribution in [3.05, 3.63) is 60.7 Å². The monoisotopic (exact) mass is 386 g/mol. The first-order valence-electron chi connectivity index (χ1n) is 9.89. The van der Waals surface area contributed by atoms with E-state index in [2.05, 4.69) is 28.8 Å². The number of rotatable bonds is 1. The summed E-state index contributed by atoms with van der Waals surface area (Å²) < 4.78 is 8.46. The molecule has 0 atom stereocenters. The Morgan fingerprint density at radius 1 is 0.724 bits per heavy atom. The van der Waals surface area contributed by atoms with Gasteiger partial charge in [0.25, 0.3) is 0 Å². The van der Waals surface area contributed by atoms with Crippen molar-refractivity contribution in [3.63, 3.8) is 0 Å². The van der Waals surface area contributed by atoms with E-state index in [4.69, 9.17) is 14.4 Å². The number of hydrogen-bond donors (Lipinski definition) is 0. The van der Waals surface area contributed by atoms with Crippen LogP contribution in [0.25, 0.3) is 27.5 Å². The number of hydrogen-bond acceptors (Lipinski definition) is 4. The molecule has 4 aromatic rings. The normalized spacial score (nSPS) is 18.8. The predicted molar refractivity (Wildman–Crippen MR) is 114 cm³/mol. The van der Waals surface area contributed by atoms with Crippen molar-refractivity contribution in [3.8, 4) is 17.2 Å². The Morgan fingerprint density at radius 2 is 1.45 bits per heavy atom. The van der Waals surface area contributed by atoms with Crippen LogP contribution in [-0.2, 0) is 9.68 Å². The van der Waals surface area contributed by atoms with Crippen molar-refractivity contribution in [2.24, 2.45) is 0 Å². The van der Waals surface area contributed by atoms with Gasteiger partial charge in [0.2, 0.25) is 0 Å². The highest BCUT2D eigenvalue weighted by atomic mass is 17.0. The lowest BCUT2D eigenvalue weighted by Gasteiger charge is -2.26. The molecule has 1 saturated heterocycles. The van der Waals surface area contributed by atoms with Crippen LogP contribution in [0, 0.1) is 0 Å². The van der Waals surface area contributed by atoms with Gasteiger partial charge in [0, 0.05) is 10.8 Å². The van der Waals surface area contributed by atoms with E-state index >= 15 is 0 Å². The summed E-state index contributed by atoms with van der Waals surface area (Å²) in [4.78, 5) is 12.2. The van der Waals surface area contributed by atoms with Crippen LogP contribution < -0.4 is 9.96 Å². The molecule has 29 heavy (non-hydrogen) atoms. The second kappa shape index (κ2) is 5.32. The fraction of sp³-hybridized carbons (Fsp3) is 0.250. The van der Waals surface area contributed by atoms with Crippen molar-refractivity contribution in [2.45, 2.75) is 38.9 Å². The maximum Gasteiger partial charge on any atom is 0.152 e. The van der Waals surface area contributed by atoms with Gasteiger partial charge in [-0.2, -0.15) is 0 Å². The molecule has 0 bridgehead atoms. The molecule has 2 aliphatic heterocycles. The molecule has 2 aliphatic rings. The van der Waals surface area contributed by atoms with E-state index in [0.29, 0.717) is 0 Å². The van der Waals surface area contributed by atoms with Crippen LogP contribution in [0.4, 0.5) is 5.69 Å². The molecule has 0 radical (unpaired) electrons. The summed E-state index contributed by atoms with van der Waals surface area (Å²) in [5, 5.41) is 3.83. The Labute approximate surface area is 168 Å². The van der Waals surface area contributed by atoms with Crippen LogP contribution in [0.5, 0.6) is 11.5 Å². The zero-order chi connectivity index (χ0) is 20.0. The summed E-state index contributed by atoms with van der Waals surface area (Å²) in [6.45, 7) is 8.17. The molecule has 6 rings (SSSR count). The minimum atomic E-state index is -0.432. The summed E-state index contributed by atoms with van der Waals surface area (Å²) in [6, 6.07) is 20.6. The molecular weight excluding hydrogens is 364 g/mol. The van der Waals surface area contributed by atoms with E-state index in [1.807, 2.05) is 64.1 Å². The standard InChI is InChI=1S/C24H22N2O3/c1-23(2)24(3,4)29-26(28-23)15-12-13-18-17(14-15)16-8-7-11-21-22(16)25(18)19-9-5-6-10-20(19)27-21/h5-14H,1-4H3. The van der Waals surface area contributed by atoms with Crippen molar-refractivity contribution in [1.82, 2.24) is 4.57 Å². The third kappa shape index (κ3) is 2.17. The van der Waals surface area contributed by atoms with Crippen LogP contribution in [0.15, 0.2) is 60.7 Å². The summed E-state index contributed by atoms with van der Waals surface area (Å²) in [5.74, 6) is 1.73. The molecule has 3 heterocycles. The van der Waals surface area contributed by atoms with Gasteiger partial charge in [0.1, 0.15) is 11.2 Å². The second-order valence-corrected chi connectivity index (χ2v) is 8.72. The van der Waals surface area contributed by atoms with Gasteiger partial charge in [-0.05, 0) is 64.1 Å². The smallest absolute Gasteiger partial charge is 0.152 e. The number of ether oxygens (including phenoxy) is 1. The first kappa shape index (κ1) is 16.9. The van der Waals surface area contributed by atoms with Crippen molar-refractivity contribution in [2.75, 3.05) is 5.23 Å². The van der Waals surface area contributed by atoms with E-state index in [0.717, 1.165) is 44.7 Å². The Kier molecular flexibility index (Phi) is 3.10. The number of nitrogens with zero attached hydrogens (tertiary/aromatic N) is 2. The number of fused-ring (bicyclic) bond motifs is 5. The van der Waals surface area contributed by atoms with Crippen LogP contribution in [0.2, 0.25) is 0 Å². The first-order chi connectivity index (χ1) is 13.9. The molecular formula is C24H22N2O3. The molecule has 146 valence electrons. The number of benzene rings is 3. The molecule has 0 spiro atoms. The zero-order valence-electron chi connectivity index (χ0n) is 16.9. The van der Waals surface area contributed by atoms with Crippen molar-refractivity contribution in [1.29, 1.82) is 0 Å². The Balaban J connectivity index is 1.60. The Morgan fingerprint density at radius 3 is 2.24 bits per heavy atom. The van der Waals surface area contributed by atoms with E-state index in [1.165, 1.54) is 0 Å². The topological polar surface area (TPSA) is 35.9 Å². The third-order valence-electron chi connectivity index (χ3n) is 6.34. The van der Waals surface area contributed by atoms with Gasteiger partial charge in [0.15, 0.2) is 11.5 Å². The third-order valence-corrected chi connectivity index (χ3v) is 6.34. The molecule has 0 aliphatic carbocycles. The van der Waals surface area contributed by atoms with Crippen molar-refractivity contribution >= 4 is 27.5 Å². The maximum absolute atomic E-state index is 6.18. The van der Waals surface area contributed by atoms with Crippen LogP contribution in [-0.4, -0.2) is 15.8 Å².